The summed E-state index contributed by atoms with van der Waals surface area (Å²) in [6, 6.07) is 13.9. The summed E-state index contributed by atoms with van der Waals surface area (Å²) >= 11 is 0. The molecule has 5 nitrogen and oxygen atoms in total. The van der Waals surface area contributed by atoms with Crippen LogP contribution in [-0.4, -0.2) is 31.3 Å². The molecule has 2 aromatic carbocycles. The van der Waals surface area contributed by atoms with E-state index < -0.39 is 0 Å². The molecule has 3 atom stereocenters. The first-order chi connectivity index (χ1) is 12.9. The van der Waals surface area contributed by atoms with Crippen molar-refractivity contribution in [1.82, 2.24) is 5.32 Å². The van der Waals surface area contributed by atoms with Gasteiger partial charge in [-0.2, -0.15) is 0 Å². The van der Waals surface area contributed by atoms with Crippen molar-refractivity contribution in [2.45, 2.75) is 39.0 Å². The van der Waals surface area contributed by atoms with Gasteiger partial charge in [-0.3, -0.25) is 0 Å². The number of morpholine rings is 1. The molecule has 6 heteroatoms. The number of hydrogen-bond acceptors (Lipinski definition) is 3. The highest BCUT2D eigenvalue weighted by molar-refractivity contribution is 5.89. The number of hydrogen-bond donors (Lipinski definition) is 2. The molecule has 0 radical (unpaired) electrons. The molecular formula is C21H26FN3O2. The van der Waals surface area contributed by atoms with Gasteiger partial charge in [-0.15, -0.1) is 0 Å². The minimum absolute atomic E-state index is 0.0520. The molecule has 3 unspecified atom stereocenters. The van der Waals surface area contributed by atoms with Crippen LogP contribution in [0.25, 0.3) is 0 Å². The Morgan fingerprint density at radius 1 is 1.15 bits per heavy atom. The zero-order valence-electron chi connectivity index (χ0n) is 15.9. The van der Waals surface area contributed by atoms with Crippen LogP contribution in [0.15, 0.2) is 48.5 Å². The lowest BCUT2D eigenvalue weighted by atomic mass is 10.1. The number of rotatable bonds is 4. The van der Waals surface area contributed by atoms with Crippen LogP contribution in [0.4, 0.5) is 20.6 Å². The van der Waals surface area contributed by atoms with Gasteiger partial charge < -0.3 is 20.3 Å². The first kappa shape index (κ1) is 19.2. The number of amides is 2. The van der Waals surface area contributed by atoms with Gasteiger partial charge in [-0.25, -0.2) is 9.18 Å². The maximum Gasteiger partial charge on any atom is 0.319 e. The summed E-state index contributed by atoms with van der Waals surface area (Å²) in [5, 5.41) is 5.55. The number of anilines is 2. The van der Waals surface area contributed by atoms with Crippen LogP contribution >= 0.6 is 0 Å². The summed E-state index contributed by atoms with van der Waals surface area (Å²) in [4.78, 5) is 14.2. The van der Waals surface area contributed by atoms with E-state index in [0.29, 0.717) is 24.5 Å². The second-order valence-electron chi connectivity index (χ2n) is 7.06. The SMILES string of the molecule is CC1CN(c2ccc(NC(=O)NC(C)c3ccccc3)cc2F)CC(C)O1. The van der Waals surface area contributed by atoms with Gasteiger partial charge in [0.15, 0.2) is 0 Å². The van der Waals surface area contributed by atoms with Crippen LogP contribution in [0, 0.1) is 5.82 Å². The number of nitrogens with one attached hydrogen (secondary N) is 2. The van der Waals surface area contributed by atoms with Crippen molar-refractivity contribution in [1.29, 1.82) is 0 Å². The van der Waals surface area contributed by atoms with Crippen molar-refractivity contribution in [3.05, 3.63) is 59.9 Å². The highest BCUT2D eigenvalue weighted by Gasteiger charge is 2.24. The Bertz CT molecular complexity index is 774. The summed E-state index contributed by atoms with van der Waals surface area (Å²) in [6.07, 6.45) is 0.104. The monoisotopic (exact) mass is 371 g/mol. The Labute approximate surface area is 159 Å². The minimum atomic E-state index is -0.368. The Hall–Kier alpha value is -2.60. The van der Waals surface area contributed by atoms with Crippen LogP contribution in [0.5, 0.6) is 0 Å². The maximum atomic E-state index is 14.6. The zero-order chi connectivity index (χ0) is 19.4. The molecule has 1 aliphatic rings. The summed E-state index contributed by atoms with van der Waals surface area (Å²) in [5.41, 5.74) is 1.95. The van der Waals surface area contributed by atoms with Gasteiger partial charge in [0.2, 0.25) is 0 Å². The largest absolute Gasteiger partial charge is 0.372 e. The molecule has 144 valence electrons. The summed E-state index contributed by atoms with van der Waals surface area (Å²) in [7, 11) is 0. The van der Waals surface area contributed by atoms with E-state index in [1.165, 1.54) is 6.07 Å². The van der Waals surface area contributed by atoms with Gasteiger partial charge in [0, 0.05) is 18.8 Å². The Kier molecular flexibility index (Phi) is 5.96. The van der Waals surface area contributed by atoms with Crippen molar-refractivity contribution in [2.75, 3.05) is 23.3 Å². The topological polar surface area (TPSA) is 53.6 Å². The number of urea groups is 1. The molecule has 0 saturated carbocycles. The standard InChI is InChI=1S/C21H26FN3O2/c1-14-12-25(13-15(2)27-14)20-10-9-18(11-19(20)22)24-21(26)23-16(3)17-7-5-4-6-8-17/h4-11,14-16H,12-13H2,1-3H3,(H2,23,24,26). The van der Waals surface area contributed by atoms with Crippen molar-refractivity contribution in [3.8, 4) is 0 Å². The third kappa shape index (κ3) is 4.98. The van der Waals surface area contributed by atoms with Gasteiger partial charge >= 0.3 is 6.03 Å². The average molecular weight is 371 g/mol. The molecule has 1 fully saturated rings. The number of carbonyl (C=O) groups is 1. The van der Waals surface area contributed by atoms with E-state index in [-0.39, 0.29) is 30.1 Å². The molecule has 0 spiro atoms. The maximum absolute atomic E-state index is 14.6. The van der Waals surface area contributed by atoms with Crippen LogP contribution in [-0.2, 0) is 4.74 Å². The molecule has 0 aromatic heterocycles. The van der Waals surface area contributed by atoms with Gasteiger partial charge in [0.25, 0.3) is 0 Å². The zero-order valence-corrected chi connectivity index (χ0v) is 15.9. The Balaban J connectivity index is 1.62. The lowest BCUT2D eigenvalue weighted by Gasteiger charge is -2.37. The fourth-order valence-corrected chi connectivity index (χ4v) is 3.40. The second-order valence-corrected chi connectivity index (χ2v) is 7.06. The minimum Gasteiger partial charge on any atom is -0.372 e. The van der Waals surface area contributed by atoms with E-state index in [1.54, 1.807) is 12.1 Å². The van der Waals surface area contributed by atoms with E-state index in [0.717, 1.165) is 5.56 Å². The van der Waals surface area contributed by atoms with Crippen LogP contribution in [0.2, 0.25) is 0 Å². The second kappa shape index (κ2) is 8.39. The van der Waals surface area contributed by atoms with Gasteiger partial charge in [0.1, 0.15) is 5.82 Å². The van der Waals surface area contributed by atoms with Gasteiger partial charge in [-0.1, -0.05) is 30.3 Å². The number of benzene rings is 2. The van der Waals surface area contributed by atoms with E-state index >= 15 is 0 Å². The highest BCUT2D eigenvalue weighted by atomic mass is 19.1. The molecule has 2 amide bonds. The summed E-state index contributed by atoms with van der Waals surface area (Å²) in [5.74, 6) is -0.356. The van der Waals surface area contributed by atoms with Crippen LogP contribution in [0.1, 0.15) is 32.4 Å². The molecule has 0 bridgehead atoms. The third-order valence-corrected chi connectivity index (χ3v) is 4.61. The van der Waals surface area contributed by atoms with Crippen molar-refractivity contribution < 1.29 is 13.9 Å². The fraction of sp³-hybridized carbons (Fsp3) is 0.381. The summed E-state index contributed by atoms with van der Waals surface area (Å²) < 4.78 is 20.3. The lowest BCUT2D eigenvalue weighted by molar-refractivity contribution is -0.00539. The molecule has 1 aliphatic heterocycles. The molecule has 1 heterocycles. The molecular weight excluding hydrogens is 345 g/mol. The van der Waals surface area contributed by atoms with Crippen molar-refractivity contribution >= 4 is 17.4 Å². The van der Waals surface area contributed by atoms with Crippen LogP contribution < -0.4 is 15.5 Å². The number of carbonyl (C=O) groups excluding carboxylic acids is 1. The number of halogens is 1. The fourth-order valence-electron chi connectivity index (χ4n) is 3.40. The van der Waals surface area contributed by atoms with Gasteiger partial charge in [-0.05, 0) is 44.5 Å². The smallest absolute Gasteiger partial charge is 0.319 e. The van der Waals surface area contributed by atoms with E-state index in [9.17, 15) is 9.18 Å². The predicted molar refractivity (Wildman–Crippen MR) is 106 cm³/mol. The third-order valence-electron chi connectivity index (χ3n) is 4.61. The first-order valence-corrected chi connectivity index (χ1v) is 9.25. The van der Waals surface area contributed by atoms with Crippen LogP contribution in [0.3, 0.4) is 0 Å². The quantitative estimate of drug-likeness (QED) is 0.841. The summed E-state index contributed by atoms with van der Waals surface area (Å²) in [6.45, 7) is 7.15. The molecule has 1 saturated heterocycles. The predicted octanol–water partition coefficient (Wildman–Crippen LogP) is 4.32. The average Bonchev–Trinajstić information content (AvgIpc) is 2.61. The van der Waals surface area contributed by atoms with E-state index in [1.807, 2.05) is 56.0 Å². The first-order valence-electron chi connectivity index (χ1n) is 9.25. The number of ether oxygens (including phenoxy) is 1. The molecule has 27 heavy (non-hydrogen) atoms. The number of nitrogens with zero attached hydrogens (tertiary/aromatic N) is 1. The normalized spacial score (nSPS) is 20.8. The molecule has 3 rings (SSSR count). The van der Waals surface area contributed by atoms with E-state index in [2.05, 4.69) is 10.6 Å². The molecule has 2 N–H and O–H groups in total. The van der Waals surface area contributed by atoms with Gasteiger partial charge in [0.05, 0.1) is 23.9 Å². The van der Waals surface area contributed by atoms with E-state index in [4.69, 9.17) is 4.74 Å². The van der Waals surface area contributed by atoms with Crippen molar-refractivity contribution in [2.24, 2.45) is 0 Å². The Morgan fingerprint density at radius 3 is 2.44 bits per heavy atom. The molecule has 0 aliphatic carbocycles. The Morgan fingerprint density at radius 2 is 1.81 bits per heavy atom. The highest BCUT2D eigenvalue weighted by Crippen LogP contribution is 2.26. The van der Waals surface area contributed by atoms with Crippen molar-refractivity contribution in [3.63, 3.8) is 0 Å². The lowest BCUT2D eigenvalue weighted by Crippen LogP contribution is -2.45. The molecule has 2 aromatic rings.